The zero-order valence-corrected chi connectivity index (χ0v) is 15.2. The van der Waals surface area contributed by atoms with Gasteiger partial charge in [0.15, 0.2) is 0 Å². The number of carbonyl (C=O) groups is 2. The van der Waals surface area contributed by atoms with Crippen LogP contribution in [0.3, 0.4) is 0 Å². The van der Waals surface area contributed by atoms with Crippen molar-refractivity contribution in [3.8, 4) is 5.75 Å². The van der Waals surface area contributed by atoms with E-state index in [0.717, 1.165) is 11.4 Å². The van der Waals surface area contributed by atoms with Crippen LogP contribution in [-0.2, 0) is 9.53 Å². The van der Waals surface area contributed by atoms with Gasteiger partial charge < -0.3 is 20.1 Å². The molecule has 0 saturated heterocycles. The standard InChI is InChI=1S/C20H24N2O4/c1-14(2)26-18-10-8-16(9-11-18)21-13-12-19(23)22-17-6-4-15(5-7-17)20(24)25-3/h4-11,14,21H,12-13H2,1-3H3,(H,22,23). The molecular formula is C20H24N2O4. The van der Waals surface area contributed by atoms with Crippen molar-refractivity contribution < 1.29 is 19.1 Å². The molecule has 6 nitrogen and oxygen atoms in total. The number of carbonyl (C=O) groups excluding carboxylic acids is 2. The molecule has 26 heavy (non-hydrogen) atoms. The van der Waals surface area contributed by atoms with Crippen LogP contribution in [-0.4, -0.2) is 31.6 Å². The first-order chi connectivity index (χ1) is 12.5. The first kappa shape index (κ1) is 19.3. The van der Waals surface area contributed by atoms with E-state index in [4.69, 9.17) is 4.74 Å². The van der Waals surface area contributed by atoms with Crippen molar-refractivity contribution >= 4 is 23.3 Å². The molecule has 0 aliphatic heterocycles. The molecule has 0 fully saturated rings. The Balaban J connectivity index is 1.75. The zero-order valence-electron chi connectivity index (χ0n) is 15.2. The van der Waals surface area contributed by atoms with E-state index in [1.807, 2.05) is 38.1 Å². The maximum atomic E-state index is 12.0. The molecule has 2 aromatic rings. The van der Waals surface area contributed by atoms with E-state index in [-0.39, 0.29) is 12.0 Å². The van der Waals surface area contributed by atoms with Gasteiger partial charge in [-0.1, -0.05) is 0 Å². The van der Waals surface area contributed by atoms with Gasteiger partial charge in [-0.25, -0.2) is 4.79 Å². The van der Waals surface area contributed by atoms with Crippen molar-refractivity contribution in [2.24, 2.45) is 0 Å². The monoisotopic (exact) mass is 356 g/mol. The van der Waals surface area contributed by atoms with Crippen molar-refractivity contribution in [3.05, 3.63) is 54.1 Å². The Labute approximate surface area is 153 Å². The van der Waals surface area contributed by atoms with Crippen molar-refractivity contribution in [1.29, 1.82) is 0 Å². The Kier molecular flexibility index (Phi) is 7.02. The Morgan fingerprint density at radius 3 is 2.15 bits per heavy atom. The molecule has 0 aromatic heterocycles. The highest BCUT2D eigenvalue weighted by atomic mass is 16.5. The number of hydrogen-bond donors (Lipinski definition) is 2. The normalized spacial score (nSPS) is 10.3. The molecule has 2 N–H and O–H groups in total. The Hall–Kier alpha value is -3.02. The van der Waals surface area contributed by atoms with Gasteiger partial charge in [0.1, 0.15) is 5.75 Å². The molecule has 0 atom stereocenters. The number of methoxy groups -OCH3 is 1. The third-order valence-electron chi connectivity index (χ3n) is 3.50. The molecule has 0 aliphatic carbocycles. The van der Waals surface area contributed by atoms with E-state index in [0.29, 0.717) is 24.2 Å². The zero-order chi connectivity index (χ0) is 18.9. The number of nitrogens with one attached hydrogen (secondary N) is 2. The highest BCUT2D eigenvalue weighted by Gasteiger charge is 2.06. The smallest absolute Gasteiger partial charge is 0.337 e. The molecule has 0 unspecified atom stereocenters. The lowest BCUT2D eigenvalue weighted by atomic mass is 10.2. The molecule has 0 aliphatic rings. The van der Waals surface area contributed by atoms with Crippen molar-refractivity contribution in [1.82, 2.24) is 0 Å². The number of amides is 1. The summed E-state index contributed by atoms with van der Waals surface area (Å²) in [5, 5.41) is 5.99. The van der Waals surface area contributed by atoms with Gasteiger partial charge in [0.2, 0.25) is 5.91 Å². The van der Waals surface area contributed by atoms with Gasteiger partial charge in [0.05, 0.1) is 18.8 Å². The van der Waals surface area contributed by atoms with E-state index in [1.54, 1.807) is 24.3 Å². The van der Waals surface area contributed by atoms with Crippen LogP contribution in [0.1, 0.15) is 30.6 Å². The number of esters is 1. The van der Waals surface area contributed by atoms with Gasteiger partial charge in [0.25, 0.3) is 0 Å². The van der Waals surface area contributed by atoms with E-state index in [2.05, 4.69) is 15.4 Å². The lowest BCUT2D eigenvalue weighted by Crippen LogP contribution is -2.16. The first-order valence-corrected chi connectivity index (χ1v) is 8.46. The number of anilines is 2. The van der Waals surface area contributed by atoms with Crippen LogP contribution < -0.4 is 15.4 Å². The number of benzene rings is 2. The minimum absolute atomic E-state index is 0.108. The average Bonchev–Trinajstić information content (AvgIpc) is 2.62. The van der Waals surface area contributed by atoms with E-state index < -0.39 is 5.97 Å². The van der Waals surface area contributed by atoms with E-state index in [9.17, 15) is 9.59 Å². The summed E-state index contributed by atoms with van der Waals surface area (Å²) < 4.78 is 10.2. The van der Waals surface area contributed by atoms with Gasteiger partial charge >= 0.3 is 5.97 Å². The molecule has 0 heterocycles. The molecule has 0 radical (unpaired) electrons. The largest absolute Gasteiger partial charge is 0.491 e. The van der Waals surface area contributed by atoms with E-state index in [1.165, 1.54) is 7.11 Å². The maximum absolute atomic E-state index is 12.0. The third kappa shape index (κ3) is 6.12. The fourth-order valence-electron chi connectivity index (χ4n) is 2.27. The number of ether oxygens (including phenoxy) is 2. The van der Waals surface area contributed by atoms with Crippen LogP contribution in [0.25, 0.3) is 0 Å². The highest BCUT2D eigenvalue weighted by molar-refractivity contribution is 5.93. The lowest BCUT2D eigenvalue weighted by molar-refractivity contribution is -0.115. The summed E-state index contributed by atoms with van der Waals surface area (Å²) in [6.07, 6.45) is 0.461. The molecule has 138 valence electrons. The molecular weight excluding hydrogens is 332 g/mol. The lowest BCUT2D eigenvalue weighted by Gasteiger charge is -2.11. The molecule has 6 heteroatoms. The van der Waals surface area contributed by atoms with Crippen LogP contribution in [0.2, 0.25) is 0 Å². The van der Waals surface area contributed by atoms with E-state index >= 15 is 0 Å². The number of hydrogen-bond acceptors (Lipinski definition) is 5. The summed E-state index contributed by atoms with van der Waals surface area (Å²) in [4.78, 5) is 23.4. The Morgan fingerprint density at radius 1 is 0.962 bits per heavy atom. The predicted octanol–water partition coefficient (Wildman–Crippen LogP) is 3.70. The van der Waals surface area contributed by atoms with Crippen LogP contribution >= 0.6 is 0 Å². The van der Waals surface area contributed by atoms with Gasteiger partial charge in [-0.3, -0.25) is 4.79 Å². The second kappa shape index (κ2) is 9.46. The van der Waals surface area contributed by atoms with Crippen molar-refractivity contribution in [3.63, 3.8) is 0 Å². The molecule has 2 aromatic carbocycles. The van der Waals surface area contributed by atoms with Crippen molar-refractivity contribution in [2.75, 3.05) is 24.3 Å². The predicted molar refractivity (Wildman–Crippen MR) is 102 cm³/mol. The molecule has 0 saturated carbocycles. The summed E-state index contributed by atoms with van der Waals surface area (Å²) in [6, 6.07) is 14.2. The quantitative estimate of drug-likeness (QED) is 0.705. The topological polar surface area (TPSA) is 76.7 Å². The minimum Gasteiger partial charge on any atom is -0.491 e. The molecule has 2 rings (SSSR count). The van der Waals surface area contributed by atoms with Gasteiger partial charge in [-0.2, -0.15) is 0 Å². The fraction of sp³-hybridized carbons (Fsp3) is 0.300. The number of rotatable bonds is 8. The SMILES string of the molecule is COC(=O)c1ccc(NC(=O)CCNc2ccc(OC(C)C)cc2)cc1. The average molecular weight is 356 g/mol. The minimum atomic E-state index is -0.406. The summed E-state index contributed by atoms with van der Waals surface area (Å²) in [5.41, 5.74) is 2.01. The Bertz CT molecular complexity index is 724. The summed E-state index contributed by atoms with van der Waals surface area (Å²) in [6.45, 7) is 4.47. The second-order valence-electron chi connectivity index (χ2n) is 5.98. The van der Waals surface area contributed by atoms with Gasteiger partial charge in [-0.15, -0.1) is 0 Å². The highest BCUT2D eigenvalue weighted by Crippen LogP contribution is 2.17. The van der Waals surface area contributed by atoms with Crippen LogP contribution in [0.4, 0.5) is 11.4 Å². The van der Waals surface area contributed by atoms with Crippen LogP contribution in [0.5, 0.6) is 5.75 Å². The second-order valence-corrected chi connectivity index (χ2v) is 5.98. The molecule has 0 bridgehead atoms. The fourth-order valence-corrected chi connectivity index (χ4v) is 2.27. The summed E-state index contributed by atoms with van der Waals surface area (Å²) in [5.74, 6) is 0.304. The summed E-state index contributed by atoms with van der Waals surface area (Å²) >= 11 is 0. The van der Waals surface area contributed by atoms with Gasteiger partial charge in [0, 0.05) is 24.3 Å². The van der Waals surface area contributed by atoms with Crippen LogP contribution in [0, 0.1) is 0 Å². The Morgan fingerprint density at radius 2 is 1.58 bits per heavy atom. The first-order valence-electron chi connectivity index (χ1n) is 8.46. The van der Waals surface area contributed by atoms with Crippen LogP contribution in [0.15, 0.2) is 48.5 Å². The molecule has 1 amide bonds. The molecule has 0 spiro atoms. The van der Waals surface area contributed by atoms with Gasteiger partial charge in [-0.05, 0) is 62.4 Å². The van der Waals surface area contributed by atoms with Crippen molar-refractivity contribution in [2.45, 2.75) is 26.4 Å². The maximum Gasteiger partial charge on any atom is 0.337 e. The third-order valence-corrected chi connectivity index (χ3v) is 3.50. The summed E-state index contributed by atoms with van der Waals surface area (Å²) in [7, 11) is 1.33.